The number of hydrogen-bond donors (Lipinski definition) is 1. The van der Waals surface area contributed by atoms with Crippen molar-refractivity contribution in [1.29, 1.82) is 0 Å². The van der Waals surface area contributed by atoms with Crippen molar-refractivity contribution in [3.63, 3.8) is 0 Å². The number of nitrogen functional groups attached to an aromatic ring is 1. The molecule has 6 nitrogen and oxygen atoms in total. The monoisotopic (exact) mass is 510 g/mol. The Hall–Kier alpha value is -1.89. The van der Waals surface area contributed by atoms with Gasteiger partial charge in [0.2, 0.25) is 0 Å². The summed E-state index contributed by atoms with van der Waals surface area (Å²) in [6, 6.07) is 3.77. The summed E-state index contributed by atoms with van der Waals surface area (Å²) >= 11 is 1.96. The quantitative estimate of drug-likeness (QED) is 0.430. The molecule has 2 aromatic heterocycles. The molecule has 0 aliphatic heterocycles. The second-order valence-electron chi connectivity index (χ2n) is 5.82. The van der Waals surface area contributed by atoms with Gasteiger partial charge in [0, 0.05) is 21.9 Å². The van der Waals surface area contributed by atoms with E-state index >= 15 is 0 Å². The third-order valence-electron chi connectivity index (χ3n) is 4.11. The van der Waals surface area contributed by atoms with Gasteiger partial charge in [-0.2, -0.15) is 13.2 Å². The molecule has 0 bridgehead atoms. The first-order valence-electron chi connectivity index (χ1n) is 7.67. The van der Waals surface area contributed by atoms with Gasteiger partial charge in [0.25, 0.3) is 0 Å². The largest absolute Gasteiger partial charge is 0.433 e. The van der Waals surface area contributed by atoms with Crippen molar-refractivity contribution in [2.24, 2.45) is 7.05 Å². The van der Waals surface area contributed by atoms with Crippen LogP contribution in [-0.2, 0) is 23.1 Å². The van der Waals surface area contributed by atoms with Crippen LogP contribution in [0.3, 0.4) is 0 Å². The van der Waals surface area contributed by atoms with Crippen molar-refractivity contribution in [2.75, 3.05) is 11.5 Å². The number of nitrogens with zero attached hydrogens (tertiary/aromatic N) is 3. The zero-order valence-corrected chi connectivity index (χ0v) is 17.1. The molecule has 0 aliphatic rings. The lowest BCUT2D eigenvalue weighted by molar-refractivity contribution is -0.141. The predicted octanol–water partition coefficient (Wildman–Crippen LogP) is 3.63. The number of rotatable bonds is 3. The number of benzene rings is 1. The standard InChI is InChI=1S/C16H14F3IN4O2S/c1-3-27(25,26)13-5-10(21)9(20)4-8(13)15-23-11-6-14(16(17,18)19)22-7-12(11)24(15)2/h4-7H,3,21H2,1-2H3. The molecule has 0 unspecified atom stereocenters. The highest BCUT2D eigenvalue weighted by molar-refractivity contribution is 14.1. The molecule has 11 heteroatoms. The molecule has 27 heavy (non-hydrogen) atoms. The van der Waals surface area contributed by atoms with Crippen molar-refractivity contribution in [2.45, 2.75) is 18.0 Å². The first-order chi connectivity index (χ1) is 12.5. The van der Waals surface area contributed by atoms with E-state index in [4.69, 9.17) is 5.73 Å². The number of anilines is 1. The average molecular weight is 510 g/mol. The fraction of sp³-hybridized carbons (Fsp3) is 0.250. The van der Waals surface area contributed by atoms with Crippen LogP contribution >= 0.6 is 22.6 Å². The minimum Gasteiger partial charge on any atom is -0.398 e. The summed E-state index contributed by atoms with van der Waals surface area (Å²) in [4.78, 5) is 7.68. The topological polar surface area (TPSA) is 90.9 Å². The lowest BCUT2D eigenvalue weighted by Gasteiger charge is -2.12. The zero-order valence-electron chi connectivity index (χ0n) is 14.2. The average Bonchev–Trinajstić information content (AvgIpc) is 2.92. The van der Waals surface area contributed by atoms with Crippen LogP contribution in [0.25, 0.3) is 22.4 Å². The van der Waals surface area contributed by atoms with E-state index in [0.29, 0.717) is 14.8 Å². The Morgan fingerprint density at radius 2 is 1.93 bits per heavy atom. The van der Waals surface area contributed by atoms with Gasteiger partial charge in [-0.3, -0.25) is 0 Å². The lowest BCUT2D eigenvalue weighted by Crippen LogP contribution is -2.09. The van der Waals surface area contributed by atoms with Crippen molar-refractivity contribution >= 4 is 49.1 Å². The van der Waals surface area contributed by atoms with Crippen LogP contribution in [-0.4, -0.2) is 28.7 Å². The van der Waals surface area contributed by atoms with Gasteiger partial charge in [0.1, 0.15) is 11.5 Å². The number of alkyl halides is 3. The molecule has 0 amide bonds. The fourth-order valence-corrected chi connectivity index (χ4v) is 4.21. The Morgan fingerprint density at radius 3 is 2.52 bits per heavy atom. The van der Waals surface area contributed by atoms with Gasteiger partial charge in [-0.15, -0.1) is 0 Å². The molecule has 3 rings (SSSR count). The highest BCUT2D eigenvalue weighted by Crippen LogP contribution is 2.35. The van der Waals surface area contributed by atoms with E-state index in [1.54, 1.807) is 13.1 Å². The van der Waals surface area contributed by atoms with Crippen molar-refractivity contribution < 1.29 is 21.6 Å². The van der Waals surface area contributed by atoms with Crippen LogP contribution < -0.4 is 5.73 Å². The van der Waals surface area contributed by atoms with E-state index in [-0.39, 0.29) is 27.6 Å². The SMILES string of the molecule is CCS(=O)(=O)c1cc(N)c(I)cc1-c1nc2cc(C(F)(F)F)ncc2n1C. The van der Waals surface area contributed by atoms with Gasteiger partial charge in [-0.05, 0) is 40.8 Å². The molecular formula is C16H14F3IN4O2S. The number of imidazole rings is 1. The van der Waals surface area contributed by atoms with Gasteiger partial charge in [0.15, 0.2) is 9.84 Å². The molecular weight excluding hydrogens is 496 g/mol. The number of hydrogen-bond acceptors (Lipinski definition) is 5. The smallest absolute Gasteiger partial charge is 0.398 e. The Morgan fingerprint density at radius 1 is 1.26 bits per heavy atom. The summed E-state index contributed by atoms with van der Waals surface area (Å²) < 4.78 is 65.9. The Labute approximate surface area is 166 Å². The molecule has 0 fully saturated rings. The van der Waals surface area contributed by atoms with Gasteiger partial charge < -0.3 is 10.3 Å². The Balaban J connectivity index is 2.33. The molecule has 0 saturated heterocycles. The van der Waals surface area contributed by atoms with E-state index in [1.165, 1.54) is 17.6 Å². The highest BCUT2D eigenvalue weighted by atomic mass is 127. The molecule has 3 aromatic rings. The zero-order chi connectivity index (χ0) is 20.1. The molecule has 0 spiro atoms. The molecule has 0 saturated carbocycles. The van der Waals surface area contributed by atoms with Crippen LogP contribution in [0.4, 0.5) is 18.9 Å². The van der Waals surface area contributed by atoms with Crippen LogP contribution in [0.1, 0.15) is 12.6 Å². The van der Waals surface area contributed by atoms with Gasteiger partial charge in [0.05, 0.1) is 27.9 Å². The molecule has 2 N–H and O–H groups in total. The second kappa shape index (κ2) is 6.62. The van der Waals surface area contributed by atoms with E-state index in [9.17, 15) is 21.6 Å². The third kappa shape index (κ3) is 3.49. The minimum absolute atomic E-state index is 0.00896. The van der Waals surface area contributed by atoms with Crippen molar-refractivity contribution in [3.8, 4) is 11.4 Å². The maximum Gasteiger partial charge on any atom is 0.433 e. The van der Waals surface area contributed by atoms with Crippen LogP contribution in [0.2, 0.25) is 0 Å². The number of aryl methyl sites for hydroxylation is 1. The number of sulfone groups is 1. The summed E-state index contributed by atoms with van der Waals surface area (Å²) in [5.41, 5.74) is 5.80. The summed E-state index contributed by atoms with van der Waals surface area (Å²) in [5, 5.41) is 0. The minimum atomic E-state index is -4.60. The first-order valence-corrected chi connectivity index (χ1v) is 10.4. The highest BCUT2D eigenvalue weighted by Gasteiger charge is 2.33. The fourth-order valence-electron chi connectivity index (χ4n) is 2.64. The number of fused-ring (bicyclic) bond motifs is 1. The van der Waals surface area contributed by atoms with Crippen LogP contribution in [0, 0.1) is 3.57 Å². The van der Waals surface area contributed by atoms with Crippen LogP contribution in [0.15, 0.2) is 29.3 Å². The van der Waals surface area contributed by atoms with E-state index in [2.05, 4.69) is 9.97 Å². The third-order valence-corrected chi connectivity index (χ3v) is 6.81. The maximum atomic E-state index is 12.9. The molecule has 144 valence electrons. The summed E-state index contributed by atoms with van der Waals surface area (Å²) in [6.07, 6.45) is -3.52. The summed E-state index contributed by atoms with van der Waals surface area (Å²) in [5.74, 6) is 0.0695. The number of halogens is 4. The summed E-state index contributed by atoms with van der Waals surface area (Å²) in [6.45, 7) is 1.50. The maximum absolute atomic E-state index is 12.9. The predicted molar refractivity (Wildman–Crippen MR) is 104 cm³/mol. The van der Waals surface area contributed by atoms with E-state index in [0.717, 1.165) is 12.3 Å². The number of pyridine rings is 1. The molecule has 0 aliphatic carbocycles. The molecule has 1 aromatic carbocycles. The van der Waals surface area contributed by atoms with E-state index < -0.39 is 21.7 Å². The molecule has 0 atom stereocenters. The van der Waals surface area contributed by atoms with Gasteiger partial charge >= 0.3 is 6.18 Å². The van der Waals surface area contributed by atoms with Crippen LogP contribution in [0.5, 0.6) is 0 Å². The second-order valence-corrected chi connectivity index (χ2v) is 9.23. The number of nitrogens with two attached hydrogens (primary N) is 1. The van der Waals surface area contributed by atoms with E-state index in [1.807, 2.05) is 22.6 Å². The van der Waals surface area contributed by atoms with Gasteiger partial charge in [-0.25, -0.2) is 18.4 Å². The van der Waals surface area contributed by atoms with Crippen molar-refractivity contribution in [1.82, 2.24) is 14.5 Å². The Kier molecular flexibility index (Phi) is 4.87. The molecule has 2 heterocycles. The lowest BCUT2D eigenvalue weighted by atomic mass is 10.2. The normalized spacial score (nSPS) is 12.7. The summed E-state index contributed by atoms with van der Waals surface area (Å²) in [7, 11) is -2.05. The van der Waals surface area contributed by atoms with Crippen molar-refractivity contribution in [3.05, 3.63) is 33.7 Å². The first kappa shape index (κ1) is 19.9. The Bertz CT molecular complexity index is 1160. The number of aromatic nitrogens is 3. The molecule has 0 radical (unpaired) electrons. The van der Waals surface area contributed by atoms with Gasteiger partial charge in [-0.1, -0.05) is 6.92 Å².